The van der Waals surface area contributed by atoms with Gasteiger partial charge in [0.25, 0.3) is 9.70 Å². The van der Waals surface area contributed by atoms with E-state index in [4.69, 9.17) is 44.3 Å². The predicted octanol–water partition coefficient (Wildman–Crippen LogP) is 8.13. The smallest absolute Gasteiger partial charge is 0.272 e. The molecule has 4 aromatic rings. The minimum atomic E-state index is -2.04. The fourth-order valence-corrected chi connectivity index (χ4v) is 6.22. The Kier molecular flexibility index (Phi) is 11.7. The van der Waals surface area contributed by atoms with Crippen LogP contribution in [0.15, 0.2) is 102 Å². The van der Waals surface area contributed by atoms with Gasteiger partial charge in [-0.15, -0.1) is 11.8 Å². The van der Waals surface area contributed by atoms with Crippen LogP contribution in [0.3, 0.4) is 0 Å². The van der Waals surface area contributed by atoms with Crippen LogP contribution in [0.25, 0.3) is 11.1 Å². The van der Waals surface area contributed by atoms with E-state index in [0.717, 1.165) is 44.0 Å². The van der Waals surface area contributed by atoms with Gasteiger partial charge in [0, 0.05) is 41.8 Å². The predicted molar refractivity (Wildman–Crippen MR) is 184 cm³/mol. The number of rotatable bonds is 10. The molecule has 0 spiro atoms. The van der Waals surface area contributed by atoms with Gasteiger partial charge in [-0.2, -0.15) is 0 Å². The van der Waals surface area contributed by atoms with Gasteiger partial charge in [0.2, 0.25) is 5.91 Å². The Morgan fingerprint density at radius 2 is 1.57 bits per heavy atom. The van der Waals surface area contributed by atoms with Crippen molar-refractivity contribution in [3.8, 4) is 11.1 Å². The first-order valence-electron chi connectivity index (χ1n) is 14.6. The molecule has 1 aliphatic rings. The number of aliphatic hydroxyl groups is 1. The molecule has 11 heteroatoms. The Labute approximate surface area is 287 Å². The quantitative estimate of drug-likeness (QED) is 0.114. The molecule has 46 heavy (non-hydrogen) atoms. The lowest BCUT2D eigenvalue weighted by Gasteiger charge is -2.36. The molecule has 4 aromatic carbocycles. The maximum Gasteiger partial charge on any atom is 0.272 e. The molecule has 5 rings (SSSR count). The molecule has 0 saturated carbocycles. The van der Waals surface area contributed by atoms with E-state index in [0.29, 0.717) is 12.2 Å². The maximum atomic E-state index is 12.1. The highest BCUT2D eigenvalue weighted by molar-refractivity contribution is 7.99. The highest BCUT2D eigenvalue weighted by atomic mass is 35.6. The van der Waals surface area contributed by atoms with Crippen molar-refractivity contribution < 1.29 is 24.2 Å². The number of carbonyl (C=O) groups is 2. The number of benzene rings is 4. The summed E-state index contributed by atoms with van der Waals surface area (Å²) in [6.45, 7) is 1.66. The number of aliphatic hydroxyl groups excluding tert-OH is 1. The average molecular weight is 700 g/mol. The lowest BCUT2D eigenvalue weighted by Crippen LogP contribution is -2.34. The van der Waals surface area contributed by atoms with Crippen molar-refractivity contribution in [3.63, 3.8) is 0 Å². The maximum absolute atomic E-state index is 12.1. The van der Waals surface area contributed by atoms with Crippen LogP contribution in [0.4, 0.5) is 5.69 Å². The van der Waals surface area contributed by atoms with E-state index < -0.39 is 16.0 Å². The van der Waals surface area contributed by atoms with Crippen LogP contribution >= 0.6 is 46.6 Å². The Morgan fingerprint density at radius 3 is 2.22 bits per heavy atom. The van der Waals surface area contributed by atoms with E-state index in [1.807, 2.05) is 97.1 Å². The summed E-state index contributed by atoms with van der Waals surface area (Å²) in [6, 6.07) is 31.2. The fraction of sp³-hybridized carbons (Fsp3) is 0.257. The van der Waals surface area contributed by atoms with Crippen LogP contribution in [0.2, 0.25) is 0 Å². The van der Waals surface area contributed by atoms with Crippen LogP contribution < -0.4 is 10.6 Å². The number of alkyl halides is 3. The van der Waals surface area contributed by atoms with Crippen LogP contribution in [-0.2, 0) is 32.2 Å². The molecule has 7 nitrogen and oxygen atoms in total. The molecule has 240 valence electrons. The Bertz CT molecular complexity index is 1630. The number of carbonyl (C=O) groups excluding carboxylic acids is 2. The molecule has 1 aliphatic heterocycles. The molecule has 2 amide bonds. The normalized spacial score (nSPS) is 18.2. The third kappa shape index (κ3) is 9.26. The number of anilines is 1. The molecule has 1 heterocycles. The summed E-state index contributed by atoms with van der Waals surface area (Å²) in [5.41, 5.74) is 6.24. The van der Waals surface area contributed by atoms with Gasteiger partial charge in [0.1, 0.15) is 0 Å². The van der Waals surface area contributed by atoms with Gasteiger partial charge in [-0.1, -0.05) is 108 Å². The summed E-state index contributed by atoms with van der Waals surface area (Å²) in [4.78, 5) is 24.5. The second kappa shape index (κ2) is 15.7. The summed E-state index contributed by atoms with van der Waals surface area (Å²) < 4.78 is 11.0. The van der Waals surface area contributed by atoms with Crippen LogP contribution in [0.1, 0.15) is 48.0 Å². The van der Waals surface area contributed by atoms with Gasteiger partial charge in [-0.25, -0.2) is 0 Å². The minimum absolute atomic E-state index is 0.0215. The van der Waals surface area contributed by atoms with Crippen molar-refractivity contribution >= 4 is 64.1 Å². The largest absolute Gasteiger partial charge is 0.392 e. The lowest BCUT2D eigenvalue weighted by atomic mass is 9.98. The number of thioether (sulfide) groups is 1. The Hall–Kier alpha value is -3.08. The van der Waals surface area contributed by atoms with Crippen molar-refractivity contribution in [2.45, 2.75) is 53.7 Å². The summed E-state index contributed by atoms with van der Waals surface area (Å²) in [5, 5.41) is 15.0. The molecule has 3 N–H and O–H groups in total. The molecular formula is C35H33Cl3N2O5S. The average Bonchev–Trinajstić information content (AvgIpc) is 3.06. The summed E-state index contributed by atoms with van der Waals surface area (Å²) >= 11 is 18.8. The minimum Gasteiger partial charge on any atom is -0.392 e. The van der Waals surface area contributed by atoms with E-state index in [9.17, 15) is 14.7 Å². The molecular weight excluding hydrogens is 667 g/mol. The molecule has 1 fully saturated rings. The standard InChI is InChI=1S/C35H33Cl3N2O5S/c1-22(42)40-28-14-16-30(17-15-28)46-21-29-18-32(25-8-6-23(20-41)7-9-25)45-33(44-29)26-12-10-24(11-13-26)31-5-3-2-4-27(31)19-39-34(43)35(36,37)38/h2-17,29,32-33,41H,18-21H2,1H3,(H,39,43)(H,40,42). The monoisotopic (exact) mass is 698 g/mol. The van der Waals surface area contributed by atoms with Gasteiger partial charge < -0.3 is 25.2 Å². The number of amides is 2. The zero-order chi connectivity index (χ0) is 32.7. The molecule has 0 aromatic heterocycles. The van der Waals surface area contributed by atoms with Gasteiger partial charge in [0.05, 0.1) is 18.8 Å². The first-order valence-corrected chi connectivity index (χ1v) is 16.8. The second-order valence-electron chi connectivity index (χ2n) is 10.8. The van der Waals surface area contributed by atoms with Gasteiger partial charge in [0.15, 0.2) is 6.29 Å². The van der Waals surface area contributed by atoms with Gasteiger partial charge in [-0.3, -0.25) is 9.59 Å². The summed E-state index contributed by atoms with van der Waals surface area (Å²) in [7, 11) is 0. The van der Waals surface area contributed by atoms with E-state index in [2.05, 4.69) is 10.6 Å². The van der Waals surface area contributed by atoms with Gasteiger partial charge >= 0.3 is 0 Å². The van der Waals surface area contributed by atoms with Crippen molar-refractivity contribution in [1.29, 1.82) is 0 Å². The molecule has 0 bridgehead atoms. The van der Waals surface area contributed by atoms with E-state index >= 15 is 0 Å². The number of nitrogens with one attached hydrogen (secondary N) is 2. The van der Waals surface area contributed by atoms with Crippen LogP contribution in [0.5, 0.6) is 0 Å². The van der Waals surface area contributed by atoms with Crippen molar-refractivity contribution in [2.75, 3.05) is 11.1 Å². The van der Waals surface area contributed by atoms with E-state index in [1.54, 1.807) is 11.8 Å². The number of halogens is 3. The first-order chi connectivity index (χ1) is 22.1. The Balaban J connectivity index is 1.32. The van der Waals surface area contributed by atoms with Crippen molar-refractivity contribution in [1.82, 2.24) is 5.32 Å². The van der Waals surface area contributed by atoms with E-state index in [-0.39, 0.29) is 31.3 Å². The number of ether oxygens (including phenoxy) is 2. The number of hydrogen-bond donors (Lipinski definition) is 3. The Morgan fingerprint density at radius 1 is 0.891 bits per heavy atom. The lowest BCUT2D eigenvalue weighted by molar-refractivity contribution is -0.245. The molecule has 3 unspecified atom stereocenters. The second-order valence-corrected chi connectivity index (χ2v) is 14.2. The first kappa shape index (κ1) is 34.3. The summed E-state index contributed by atoms with van der Waals surface area (Å²) in [6.07, 6.45) is -0.251. The highest BCUT2D eigenvalue weighted by Crippen LogP contribution is 2.40. The zero-order valence-electron chi connectivity index (χ0n) is 24.9. The van der Waals surface area contributed by atoms with Crippen LogP contribution in [0, 0.1) is 0 Å². The third-order valence-electron chi connectivity index (χ3n) is 7.43. The van der Waals surface area contributed by atoms with Gasteiger partial charge in [-0.05, 0) is 52.1 Å². The van der Waals surface area contributed by atoms with Crippen molar-refractivity contribution in [2.24, 2.45) is 0 Å². The molecule has 0 radical (unpaired) electrons. The third-order valence-corrected chi connectivity index (χ3v) is 9.09. The SMILES string of the molecule is CC(=O)Nc1ccc(SCC2CC(c3ccc(CO)cc3)OC(c3ccc(-c4ccccc4CNC(=O)C(Cl)(Cl)Cl)cc3)O2)cc1. The highest BCUT2D eigenvalue weighted by Gasteiger charge is 2.33. The van der Waals surface area contributed by atoms with Crippen molar-refractivity contribution in [3.05, 3.63) is 119 Å². The molecule has 1 saturated heterocycles. The fourth-order valence-electron chi connectivity index (χ4n) is 5.10. The number of hydrogen-bond acceptors (Lipinski definition) is 6. The summed E-state index contributed by atoms with van der Waals surface area (Å²) in [5.74, 6) is -0.0945. The molecule has 3 atom stereocenters. The zero-order valence-corrected chi connectivity index (χ0v) is 28.0. The van der Waals surface area contributed by atoms with E-state index in [1.165, 1.54) is 6.92 Å². The van der Waals surface area contributed by atoms with Crippen LogP contribution in [-0.4, -0.2) is 32.6 Å². The topological polar surface area (TPSA) is 96.9 Å². The molecule has 0 aliphatic carbocycles.